The van der Waals surface area contributed by atoms with Crippen LogP contribution < -0.4 is 10.6 Å². The molecule has 2 heterocycles. The van der Waals surface area contributed by atoms with Gasteiger partial charge in [0, 0.05) is 31.4 Å². The normalized spacial score (nSPS) is 22.2. The van der Waals surface area contributed by atoms with Crippen LogP contribution in [0.2, 0.25) is 0 Å². The highest BCUT2D eigenvalue weighted by atomic mass is 16.5. The van der Waals surface area contributed by atoms with Gasteiger partial charge in [-0.1, -0.05) is 6.07 Å². The van der Waals surface area contributed by atoms with Crippen LogP contribution in [0, 0.1) is 0 Å². The molecule has 1 fully saturated rings. The van der Waals surface area contributed by atoms with E-state index >= 15 is 0 Å². The Morgan fingerprint density at radius 2 is 2.26 bits per heavy atom. The van der Waals surface area contributed by atoms with Crippen molar-refractivity contribution in [2.45, 2.75) is 26.2 Å². The molecule has 1 saturated heterocycles. The van der Waals surface area contributed by atoms with E-state index < -0.39 is 0 Å². The van der Waals surface area contributed by atoms with Gasteiger partial charge in [0.1, 0.15) is 0 Å². The summed E-state index contributed by atoms with van der Waals surface area (Å²) < 4.78 is 5.38. The molecule has 2 aliphatic heterocycles. The van der Waals surface area contributed by atoms with Crippen LogP contribution in [0.15, 0.2) is 18.2 Å². The van der Waals surface area contributed by atoms with Crippen molar-refractivity contribution in [2.75, 3.05) is 25.0 Å². The van der Waals surface area contributed by atoms with Gasteiger partial charge in [0.25, 0.3) is 0 Å². The number of benzene rings is 1. The van der Waals surface area contributed by atoms with Crippen LogP contribution >= 0.6 is 0 Å². The predicted octanol–water partition coefficient (Wildman–Crippen LogP) is 1.54. The fourth-order valence-electron chi connectivity index (χ4n) is 2.59. The summed E-state index contributed by atoms with van der Waals surface area (Å²) in [6, 6.07) is 6.18. The Morgan fingerprint density at radius 3 is 3.11 bits per heavy atom. The molecule has 2 amide bonds. The van der Waals surface area contributed by atoms with Crippen LogP contribution in [-0.2, 0) is 18.0 Å². The molecule has 0 unspecified atom stereocenters. The largest absolute Gasteiger partial charge is 0.372 e. The molecule has 0 bridgehead atoms. The van der Waals surface area contributed by atoms with Crippen LogP contribution in [-0.4, -0.2) is 36.6 Å². The summed E-state index contributed by atoms with van der Waals surface area (Å²) in [5, 5.41) is 6.25. The van der Waals surface area contributed by atoms with Crippen LogP contribution in [0.5, 0.6) is 0 Å². The topological polar surface area (TPSA) is 53.6 Å². The molecule has 19 heavy (non-hydrogen) atoms. The highest BCUT2D eigenvalue weighted by Crippen LogP contribution is 2.23. The first kappa shape index (κ1) is 12.4. The van der Waals surface area contributed by atoms with Crippen molar-refractivity contribution >= 4 is 11.7 Å². The van der Waals surface area contributed by atoms with Crippen LogP contribution in [0.4, 0.5) is 10.5 Å². The fraction of sp³-hybridized carbons (Fsp3) is 0.500. The highest BCUT2D eigenvalue weighted by Gasteiger charge is 2.23. The van der Waals surface area contributed by atoms with Crippen LogP contribution in [0.25, 0.3) is 0 Å². The Labute approximate surface area is 112 Å². The summed E-state index contributed by atoms with van der Waals surface area (Å²) >= 11 is 0. The minimum absolute atomic E-state index is 0.0205. The molecule has 5 nitrogen and oxygen atoms in total. The molecule has 2 aliphatic rings. The lowest BCUT2D eigenvalue weighted by Gasteiger charge is -2.33. The van der Waals surface area contributed by atoms with E-state index in [0.29, 0.717) is 13.2 Å². The molecule has 0 aromatic heterocycles. The smallest absolute Gasteiger partial charge is 0.322 e. The average Bonchev–Trinajstić information content (AvgIpc) is 2.86. The van der Waals surface area contributed by atoms with Gasteiger partial charge in [-0.15, -0.1) is 0 Å². The Hall–Kier alpha value is -1.59. The minimum atomic E-state index is -0.0205. The van der Waals surface area contributed by atoms with Crippen molar-refractivity contribution in [1.29, 1.82) is 0 Å². The monoisotopic (exact) mass is 261 g/mol. The number of nitrogens with zero attached hydrogens (tertiary/aromatic N) is 1. The number of rotatable bonds is 1. The Balaban J connectivity index is 1.69. The van der Waals surface area contributed by atoms with Crippen molar-refractivity contribution in [3.05, 3.63) is 29.3 Å². The van der Waals surface area contributed by atoms with E-state index in [9.17, 15) is 4.79 Å². The Kier molecular flexibility index (Phi) is 3.40. The lowest BCUT2D eigenvalue weighted by molar-refractivity contribution is 0.134. The summed E-state index contributed by atoms with van der Waals surface area (Å²) in [5.74, 6) is 0. The van der Waals surface area contributed by atoms with E-state index in [0.717, 1.165) is 25.3 Å². The lowest BCUT2D eigenvalue weighted by Crippen LogP contribution is -2.53. The summed E-state index contributed by atoms with van der Waals surface area (Å²) in [6.07, 6.45) is 0. The first-order chi connectivity index (χ1) is 9.24. The molecule has 102 valence electrons. The maximum absolute atomic E-state index is 12.2. The second kappa shape index (κ2) is 5.19. The van der Waals surface area contributed by atoms with E-state index in [1.807, 2.05) is 23.1 Å². The zero-order valence-electron chi connectivity index (χ0n) is 11.1. The maximum Gasteiger partial charge on any atom is 0.322 e. The average molecular weight is 261 g/mol. The second-order valence-electron chi connectivity index (χ2n) is 5.15. The number of amides is 2. The molecule has 1 atom stereocenters. The van der Waals surface area contributed by atoms with Gasteiger partial charge in [-0.25, -0.2) is 4.79 Å². The highest BCUT2D eigenvalue weighted by molar-refractivity contribution is 5.89. The fourth-order valence-corrected chi connectivity index (χ4v) is 2.59. The van der Waals surface area contributed by atoms with Crippen molar-refractivity contribution in [3.63, 3.8) is 0 Å². The van der Waals surface area contributed by atoms with E-state index in [-0.39, 0.29) is 12.1 Å². The number of urea groups is 1. The van der Waals surface area contributed by atoms with Gasteiger partial charge in [-0.05, 0) is 30.2 Å². The first-order valence-corrected chi connectivity index (χ1v) is 6.72. The zero-order valence-corrected chi connectivity index (χ0v) is 11.1. The number of nitrogens with one attached hydrogen (secondary N) is 2. The molecular formula is C14H19N3O2. The van der Waals surface area contributed by atoms with Gasteiger partial charge < -0.3 is 20.3 Å². The number of fused-ring (bicyclic) bond motifs is 1. The summed E-state index contributed by atoms with van der Waals surface area (Å²) in [7, 11) is 0. The molecule has 0 radical (unpaired) electrons. The quantitative estimate of drug-likeness (QED) is 0.806. The molecule has 2 N–H and O–H groups in total. The van der Waals surface area contributed by atoms with E-state index in [2.05, 4.69) is 17.6 Å². The molecule has 5 heteroatoms. The number of piperazine rings is 1. The third-order valence-electron chi connectivity index (χ3n) is 3.73. The standard InChI is InChI=1S/C14H19N3O2/c1-10-7-15-4-5-17(10)14(18)16-13-3-2-11-8-19-9-12(11)6-13/h2-3,6,10,15H,4-5,7-9H2,1H3,(H,16,18)/t10-/m1/s1. The van der Waals surface area contributed by atoms with E-state index in [1.165, 1.54) is 11.1 Å². The lowest BCUT2D eigenvalue weighted by atomic mass is 10.1. The number of carbonyl (C=O) groups excluding carboxylic acids is 1. The molecule has 0 spiro atoms. The third kappa shape index (κ3) is 2.57. The molecule has 0 saturated carbocycles. The molecule has 1 aromatic carbocycles. The van der Waals surface area contributed by atoms with Crippen LogP contribution in [0.3, 0.4) is 0 Å². The maximum atomic E-state index is 12.2. The van der Waals surface area contributed by atoms with Crippen molar-refractivity contribution in [2.24, 2.45) is 0 Å². The van der Waals surface area contributed by atoms with E-state index in [4.69, 9.17) is 4.74 Å². The van der Waals surface area contributed by atoms with Crippen LogP contribution in [0.1, 0.15) is 18.1 Å². The molecule has 1 aromatic rings. The second-order valence-corrected chi connectivity index (χ2v) is 5.15. The zero-order chi connectivity index (χ0) is 13.2. The first-order valence-electron chi connectivity index (χ1n) is 6.72. The Bertz CT molecular complexity index is 490. The third-order valence-corrected chi connectivity index (χ3v) is 3.73. The van der Waals surface area contributed by atoms with Gasteiger partial charge in [-0.2, -0.15) is 0 Å². The molecule has 0 aliphatic carbocycles. The molecular weight excluding hydrogens is 242 g/mol. The van der Waals surface area contributed by atoms with Crippen molar-refractivity contribution in [3.8, 4) is 0 Å². The van der Waals surface area contributed by atoms with Gasteiger partial charge in [0.05, 0.1) is 13.2 Å². The number of carbonyl (C=O) groups is 1. The van der Waals surface area contributed by atoms with Gasteiger partial charge >= 0.3 is 6.03 Å². The summed E-state index contributed by atoms with van der Waals surface area (Å²) in [4.78, 5) is 14.1. The van der Waals surface area contributed by atoms with Crippen molar-refractivity contribution < 1.29 is 9.53 Å². The number of anilines is 1. The number of hydrogen-bond donors (Lipinski definition) is 2. The number of ether oxygens (including phenoxy) is 1. The van der Waals surface area contributed by atoms with Gasteiger partial charge in [-0.3, -0.25) is 0 Å². The predicted molar refractivity (Wildman–Crippen MR) is 73.0 cm³/mol. The van der Waals surface area contributed by atoms with Gasteiger partial charge in [0.15, 0.2) is 0 Å². The van der Waals surface area contributed by atoms with Gasteiger partial charge in [0.2, 0.25) is 0 Å². The SMILES string of the molecule is C[C@@H]1CNCCN1C(=O)Nc1ccc2c(c1)COC2. The summed E-state index contributed by atoms with van der Waals surface area (Å²) in [5.41, 5.74) is 3.24. The number of hydrogen-bond acceptors (Lipinski definition) is 3. The van der Waals surface area contributed by atoms with E-state index in [1.54, 1.807) is 0 Å². The minimum Gasteiger partial charge on any atom is -0.372 e. The Morgan fingerprint density at radius 1 is 1.42 bits per heavy atom. The molecule has 3 rings (SSSR count). The summed E-state index contributed by atoms with van der Waals surface area (Å²) in [6.45, 7) is 5.84. The van der Waals surface area contributed by atoms with Crippen molar-refractivity contribution in [1.82, 2.24) is 10.2 Å².